The molecule has 0 saturated carbocycles. The zero-order chi connectivity index (χ0) is 12.7. The lowest BCUT2D eigenvalue weighted by Gasteiger charge is -2.21. The van der Waals surface area contributed by atoms with Crippen LogP contribution in [0.1, 0.15) is 18.6 Å². The first-order valence-corrected chi connectivity index (χ1v) is 5.94. The number of aliphatic hydroxyl groups is 1. The Morgan fingerprint density at radius 1 is 1.41 bits per heavy atom. The van der Waals surface area contributed by atoms with Crippen LogP contribution in [0.5, 0.6) is 0 Å². The summed E-state index contributed by atoms with van der Waals surface area (Å²) >= 11 is 0. The molecule has 1 aromatic rings. The third kappa shape index (κ3) is 4.73. The maximum Gasteiger partial charge on any atom is 0.0936 e. The number of likely N-dealkylation sites (N-methyl/N-ethyl adjacent to an activating group) is 1. The molecule has 0 fully saturated rings. The monoisotopic (exact) mass is 238 g/mol. The molecule has 4 nitrogen and oxygen atoms in total. The Kier molecular flexibility index (Phi) is 5.97. The first-order valence-electron chi connectivity index (χ1n) is 5.94. The predicted molar refractivity (Wildman–Crippen MR) is 69.8 cm³/mol. The van der Waals surface area contributed by atoms with E-state index in [1.165, 1.54) is 0 Å². The van der Waals surface area contributed by atoms with Gasteiger partial charge in [-0.2, -0.15) is 0 Å². The first kappa shape index (κ1) is 14.0. The van der Waals surface area contributed by atoms with Crippen LogP contribution < -0.4 is 5.73 Å². The number of hydrogen-bond donors (Lipinski definition) is 2. The van der Waals surface area contributed by atoms with E-state index in [4.69, 9.17) is 10.5 Å². The van der Waals surface area contributed by atoms with Crippen molar-refractivity contribution in [1.82, 2.24) is 4.90 Å². The lowest BCUT2D eigenvalue weighted by atomic mass is 10.1. The molecule has 0 amide bonds. The molecule has 0 bridgehead atoms. The topological polar surface area (TPSA) is 58.7 Å². The molecule has 4 heteroatoms. The number of nitrogen functional groups attached to an aromatic ring is 1. The molecule has 96 valence electrons. The molecular weight excluding hydrogens is 216 g/mol. The van der Waals surface area contributed by atoms with E-state index >= 15 is 0 Å². The Labute approximate surface area is 103 Å². The Morgan fingerprint density at radius 2 is 2.12 bits per heavy atom. The normalized spacial score (nSPS) is 12.9. The molecule has 0 aliphatic rings. The van der Waals surface area contributed by atoms with E-state index in [0.717, 1.165) is 18.7 Å². The molecule has 0 aliphatic carbocycles. The van der Waals surface area contributed by atoms with Gasteiger partial charge in [0.15, 0.2) is 0 Å². The van der Waals surface area contributed by atoms with Gasteiger partial charge in [0.1, 0.15) is 0 Å². The minimum absolute atomic E-state index is 0.553. The van der Waals surface area contributed by atoms with Crippen LogP contribution in [0.25, 0.3) is 0 Å². The fourth-order valence-corrected chi connectivity index (χ4v) is 1.66. The molecule has 17 heavy (non-hydrogen) atoms. The van der Waals surface area contributed by atoms with Gasteiger partial charge in [-0.15, -0.1) is 0 Å². The third-order valence-electron chi connectivity index (χ3n) is 2.66. The number of anilines is 1. The molecule has 0 spiro atoms. The van der Waals surface area contributed by atoms with Crippen molar-refractivity contribution in [3.8, 4) is 0 Å². The van der Waals surface area contributed by atoms with E-state index in [2.05, 4.69) is 0 Å². The zero-order valence-corrected chi connectivity index (χ0v) is 10.6. The molecule has 1 rings (SSSR count). The Hall–Kier alpha value is -1.10. The quantitative estimate of drug-likeness (QED) is 0.555. The molecule has 1 atom stereocenters. The number of aliphatic hydroxyl groups excluding tert-OH is 1. The Bertz CT molecular complexity index is 331. The van der Waals surface area contributed by atoms with Crippen LogP contribution in [-0.2, 0) is 4.74 Å². The van der Waals surface area contributed by atoms with Crippen molar-refractivity contribution in [3.63, 3.8) is 0 Å². The van der Waals surface area contributed by atoms with Crippen LogP contribution in [0.4, 0.5) is 5.69 Å². The van der Waals surface area contributed by atoms with Crippen LogP contribution in [0, 0.1) is 0 Å². The van der Waals surface area contributed by atoms with Gasteiger partial charge >= 0.3 is 0 Å². The Balaban J connectivity index is 2.43. The van der Waals surface area contributed by atoms with Gasteiger partial charge in [-0.05, 0) is 20.0 Å². The van der Waals surface area contributed by atoms with Crippen LogP contribution in [0.15, 0.2) is 24.3 Å². The lowest BCUT2D eigenvalue weighted by molar-refractivity contribution is 0.0894. The van der Waals surface area contributed by atoms with Crippen LogP contribution in [-0.4, -0.2) is 43.4 Å². The number of benzene rings is 1. The third-order valence-corrected chi connectivity index (χ3v) is 2.66. The Morgan fingerprint density at radius 3 is 2.76 bits per heavy atom. The summed E-state index contributed by atoms with van der Waals surface area (Å²) in [5.74, 6) is 0. The second-order valence-corrected chi connectivity index (χ2v) is 4.10. The lowest BCUT2D eigenvalue weighted by Crippen LogP contribution is -2.28. The maximum absolute atomic E-state index is 10.1. The van der Waals surface area contributed by atoms with Gasteiger partial charge in [0.2, 0.25) is 0 Å². The van der Waals surface area contributed by atoms with Crippen molar-refractivity contribution in [2.75, 3.05) is 39.1 Å². The fourth-order valence-electron chi connectivity index (χ4n) is 1.66. The first-order chi connectivity index (χ1) is 8.15. The second kappa shape index (κ2) is 7.27. The summed E-state index contributed by atoms with van der Waals surface area (Å²) in [6.07, 6.45) is -0.553. The predicted octanol–water partition coefficient (Wildman–Crippen LogP) is 1.27. The van der Waals surface area contributed by atoms with E-state index in [1.54, 1.807) is 6.07 Å². The highest BCUT2D eigenvalue weighted by Crippen LogP contribution is 2.20. The highest BCUT2D eigenvalue weighted by molar-refractivity contribution is 5.47. The molecule has 0 aromatic heterocycles. The number of hydrogen-bond acceptors (Lipinski definition) is 4. The van der Waals surface area contributed by atoms with Gasteiger partial charge in [0.05, 0.1) is 12.7 Å². The van der Waals surface area contributed by atoms with Crippen LogP contribution in [0.2, 0.25) is 0 Å². The summed E-state index contributed by atoms with van der Waals surface area (Å²) in [6.45, 7) is 4.74. The molecule has 0 radical (unpaired) electrons. The van der Waals surface area contributed by atoms with Crippen molar-refractivity contribution in [2.24, 2.45) is 0 Å². The van der Waals surface area contributed by atoms with Crippen molar-refractivity contribution < 1.29 is 9.84 Å². The average molecular weight is 238 g/mol. The van der Waals surface area contributed by atoms with Crippen molar-refractivity contribution in [3.05, 3.63) is 29.8 Å². The summed E-state index contributed by atoms with van der Waals surface area (Å²) in [5.41, 5.74) is 7.24. The number of rotatable bonds is 7. The second-order valence-electron chi connectivity index (χ2n) is 4.10. The van der Waals surface area contributed by atoms with Crippen molar-refractivity contribution in [2.45, 2.75) is 13.0 Å². The minimum Gasteiger partial charge on any atom is -0.398 e. The molecule has 0 saturated heterocycles. The fraction of sp³-hybridized carbons (Fsp3) is 0.538. The summed E-state index contributed by atoms with van der Waals surface area (Å²) < 4.78 is 5.27. The van der Waals surface area contributed by atoms with Gasteiger partial charge in [0, 0.05) is 30.9 Å². The number of nitrogens with two attached hydrogens (primary N) is 1. The summed E-state index contributed by atoms with van der Waals surface area (Å²) in [6, 6.07) is 7.41. The van der Waals surface area contributed by atoms with Crippen molar-refractivity contribution >= 4 is 5.69 Å². The van der Waals surface area contributed by atoms with Gasteiger partial charge in [-0.3, -0.25) is 0 Å². The smallest absolute Gasteiger partial charge is 0.0936 e. The molecule has 1 unspecified atom stereocenters. The van der Waals surface area contributed by atoms with Crippen molar-refractivity contribution in [1.29, 1.82) is 0 Å². The van der Waals surface area contributed by atoms with Gasteiger partial charge in [0.25, 0.3) is 0 Å². The number of para-hydroxylation sites is 1. The summed E-state index contributed by atoms with van der Waals surface area (Å²) in [5, 5.41) is 10.1. The van der Waals surface area contributed by atoms with Crippen LogP contribution in [0.3, 0.4) is 0 Å². The van der Waals surface area contributed by atoms with E-state index in [9.17, 15) is 5.11 Å². The maximum atomic E-state index is 10.1. The van der Waals surface area contributed by atoms with Gasteiger partial charge in [-0.1, -0.05) is 18.2 Å². The van der Waals surface area contributed by atoms with E-state index in [0.29, 0.717) is 18.8 Å². The van der Waals surface area contributed by atoms with Gasteiger partial charge in [-0.25, -0.2) is 0 Å². The summed E-state index contributed by atoms with van der Waals surface area (Å²) in [7, 11) is 1.96. The minimum atomic E-state index is -0.553. The largest absolute Gasteiger partial charge is 0.398 e. The average Bonchev–Trinajstić information content (AvgIpc) is 2.29. The van der Waals surface area contributed by atoms with E-state index < -0.39 is 6.10 Å². The molecule has 0 aliphatic heterocycles. The zero-order valence-electron chi connectivity index (χ0n) is 10.6. The van der Waals surface area contributed by atoms with E-state index in [1.807, 2.05) is 37.1 Å². The molecule has 0 heterocycles. The SMILES string of the molecule is CCOCCN(C)CC(O)c1ccccc1N. The molecular formula is C13H22N2O2. The highest BCUT2D eigenvalue weighted by Gasteiger charge is 2.12. The van der Waals surface area contributed by atoms with Gasteiger partial charge < -0.3 is 20.5 Å². The standard InChI is InChI=1S/C13H22N2O2/c1-3-17-9-8-15(2)10-13(16)11-6-4-5-7-12(11)14/h4-7,13,16H,3,8-10,14H2,1-2H3. The van der Waals surface area contributed by atoms with E-state index in [-0.39, 0.29) is 0 Å². The molecule has 1 aromatic carbocycles. The highest BCUT2D eigenvalue weighted by atomic mass is 16.5. The number of nitrogens with zero attached hydrogens (tertiary/aromatic N) is 1. The number of ether oxygens (including phenoxy) is 1. The summed E-state index contributed by atoms with van der Waals surface area (Å²) in [4.78, 5) is 2.03. The molecule has 3 N–H and O–H groups in total. The van der Waals surface area contributed by atoms with Crippen LogP contribution >= 0.6 is 0 Å².